The molecule has 0 N–H and O–H groups in total. The fourth-order valence-electron chi connectivity index (χ4n) is 3.49. The maximum atomic E-state index is 12.9. The molecule has 3 rings (SSSR count). The van der Waals surface area contributed by atoms with Gasteiger partial charge < -0.3 is 4.90 Å². The second-order valence-corrected chi connectivity index (χ2v) is 6.69. The van der Waals surface area contributed by atoms with Gasteiger partial charge in [0.25, 0.3) is 0 Å². The van der Waals surface area contributed by atoms with Crippen LogP contribution in [-0.4, -0.2) is 13.0 Å². The van der Waals surface area contributed by atoms with E-state index in [1.807, 2.05) is 43.4 Å². The summed E-state index contributed by atoms with van der Waals surface area (Å²) in [6, 6.07) is 16.0. The summed E-state index contributed by atoms with van der Waals surface area (Å²) in [5.41, 5.74) is 3.31. The Morgan fingerprint density at radius 2 is 1.82 bits per heavy atom. The Hall–Kier alpha value is -1.80. The molecule has 114 valence electrons. The van der Waals surface area contributed by atoms with Crippen molar-refractivity contribution in [3.63, 3.8) is 0 Å². The smallest absolute Gasteiger partial charge is 0.231 e. The number of amides is 1. The van der Waals surface area contributed by atoms with Gasteiger partial charge in [0, 0.05) is 23.7 Å². The molecule has 0 radical (unpaired) electrons. The summed E-state index contributed by atoms with van der Waals surface area (Å²) in [7, 11) is 1.87. The van der Waals surface area contributed by atoms with Gasteiger partial charge in [-0.1, -0.05) is 55.8 Å². The SMILES string of the molecule is CC(C)C1C(=O)N(C)c2ccccc2C1c1cccc(Cl)c1. The van der Waals surface area contributed by atoms with E-state index in [-0.39, 0.29) is 23.7 Å². The number of nitrogens with zero attached hydrogens (tertiary/aromatic N) is 1. The number of hydrogen-bond donors (Lipinski definition) is 0. The molecule has 1 aliphatic rings. The van der Waals surface area contributed by atoms with Gasteiger partial charge in [0.2, 0.25) is 5.91 Å². The molecule has 22 heavy (non-hydrogen) atoms. The Bertz CT molecular complexity index is 710. The molecule has 0 fully saturated rings. The summed E-state index contributed by atoms with van der Waals surface area (Å²) in [4.78, 5) is 14.7. The molecular formula is C19H20ClNO. The highest BCUT2D eigenvalue weighted by Gasteiger charge is 2.41. The topological polar surface area (TPSA) is 20.3 Å². The van der Waals surface area contributed by atoms with Crippen LogP contribution in [0.25, 0.3) is 0 Å². The monoisotopic (exact) mass is 313 g/mol. The van der Waals surface area contributed by atoms with Gasteiger partial charge in [0.1, 0.15) is 0 Å². The molecule has 2 aromatic carbocycles. The van der Waals surface area contributed by atoms with Crippen molar-refractivity contribution in [2.24, 2.45) is 11.8 Å². The van der Waals surface area contributed by atoms with Gasteiger partial charge in [-0.25, -0.2) is 0 Å². The first kappa shape index (κ1) is 15.1. The van der Waals surface area contributed by atoms with E-state index in [0.717, 1.165) is 11.3 Å². The first-order chi connectivity index (χ1) is 10.5. The van der Waals surface area contributed by atoms with E-state index in [2.05, 4.69) is 26.0 Å². The molecule has 2 nitrogen and oxygen atoms in total. The van der Waals surface area contributed by atoms with Crippen LogP contribution in [0.5, 0.6) is 0 Å². The van der Waals surface area contributed by atoms with E-state index in [1.165, 1.54) is 5.56 Å². The molecule has 0 aromatic heterocycles. The number of anilines is 1. The zero-order valence-electron chi connectivity index (χ0n) is 13.1. The summed E-state index contributed by atoms with van der Waals surface area (Å²) in [6.45, 7) is 4.23. The molecule has 3 heteroatoms. The van der Waals surface area contributed by atoms with Crippen LogP contribution in [0.2, 0.25) is 5.02 Å². The number of halogens is 1. The van der Waals surface area contributed by atoms with Gasteiger partial charge in [-0.3, -0.25) is 4.79 Å². The van der Waals surface area contributed by atoms with E-state index in [9.17, 15) is 4.79 Å². The molecule has 1 heterocycles. The lowest BCUT2D eigenvalue weighted by molar-refractivity contribution is -0.124. The third-order valence-corrected chi connectivity index (χ3v) is 4.77. The number of benzene rings is 2. The fraction of sp³-hybridized carbons (Fsp3) is 0.316. The van der Waals surface area contributed by atoms with Gasteiger partial charge in [-0.15, -0.1) is 0 Å². The molecule has 0 saturated heterocycles. The van der Waals surface area contributed by atoms with E-state index >= 15 is 0 Å². The zero-order valence-corrected chi connectivity index (χ0v) is 13.8. The number of fused-ring (bicyclic) bond motifs is 1. The number of carbonyl (C=O) groups is 1. The van der Waals surface area contributed by atoms with E-state index in [4.69, 9.17) is 11.6 Å². The van der Waals surface area contributed by atoms with Crippen molar-refractivity contribution in [1.29, 1.82) is 0 Å². The molecule has 1 aliphatic heterocycles. The van der Waals surface area contributed by atoms with Gasteiger partial charge >= 0.3 is 0 Å². The average Bonchev–Trinajstić information content (AvgIpc) is 2.50. The number of para-hydroxylation sites is 1. The Morgan fingerprint density at radius 3 is 2.50 bits per heavy atom. The first-order valence-corrected chi connectivity index (χ1v) is 8.00. The summed E-state index contributed by atoms with van der Waals surface area (Å²) in [5.74, 6) is 0.419. The van der Waals surface area contributed by atoms with Crippen molar-refractivity contribution in [2.45, 2.75) is 19.8 Å². The van der Waals surface area contributed by atoms with Gasteiger partial charge in [0.15, 0.2) is 0 Å². The summed E-state index contributed by atoms with van der Waals surface area (Å²) < 4.78 is 0. The second-order valence-electron chi connectivity index (χ2n) is 6.26. The number of carbonyl (C=O) groups excluding carboxylic acids is 1. The molecule has 0 bridgehead atoms. The van der Waals surface area contributed by atoms with Gasteiger partial charge in [-0.2, -0.15) is 0 Å². The molecule has 1 amide bonds. The Morgan fingerprint density at radius 1 is 1.09 bits per heavy atom. The highest BCUT2D eigenvalue weighted by atomic mass is 35.5. The van der Waals surface area contributed by atoms with Crippen LogP contribution >= 0.6 is 11.6 Å². The highest BCUT2D eigenvalue weighted by Crippen LogP contribution is 2.45. The number of rotatable bonds is 2. The van der Waals surface area contributed by atoms with Crippen molar-refractivity contribution in [2.75, 3.05) is 11.9 Å². The predicted octanol–water partition coefficient (Wildman–Crippen LogP) is 4.72. The quantitative estimate of drug-likeness (QED) is 0.785. The molecule has 2 unspecified atom stereocenters. The van der Waals surface area contributed by atoms with Crippen molar-refractivity contribution in [1.82, 2.24) is 0 Å². The zero-order chi connectivity index (χ0) is 15.9. The minimum Gasteiger partial charge on any atom is -0.315 e. The van der Waals surface area contributed by atoms with Crippen LogP contribution in [0, 0.1) is 11.8 Å². The summed E-state index contributed by atoms with van der Waals surface area (Å²) in [5, 5.41) is 0.712. The van der Waals surface area contributed by atoms with E-state index in [1.54, 1.807) is 4.90 Å². The summed E-state index contributed by atoms with van der Waals surface area (Å²) in [6.07, 6.45) is 0. The maximum absolute atomic E-state index is 12.9. The maximum Gasteiger partial charge on any atom is 0.231 e. The van der Waals surface area contributed by atoms with Gasteiger partial charge in [-0.05, 0) is 35.2 Å². The minimum atomic E-state index is -0.0710. The normalized spacial score (nSPS) is 21.1. The third kappa shape index (κ3) is 2.42. The Kier molecular flexibility index (Phi) is 3.96. The van der Waals surface area contributed by atoms with Crippen molar-refractivity contribution >= 4 is 23.2 Å². The van der Waals surface area contributed by atoms with Crippen LogP contribution in [-0.2, 0) is 4.79 Å². The molecule has 2 aromatic rings. The fourth-order valence-corrected chi connectivity index (χ4v) is 3.69. The Labute approximate surface area is 136 Å². The van der Waals surface area contributed by atoms with E-state index in [0.29, 0.717) is 5.02 Å². The van der Waals surface area contributed by atoms with Crippen LogP contribution in [0.4, 0.5) is 5.69 Å². The van der Waals surface area contributed by atoms with Crippen LogP contribution in [0.1, 0.15) is 30.9 Å². The highest BCUT2D eigenvalue weighted by molar-refractivity contribution is 6.30. The largest absolute Gasteiger partial charge is 0.315 e. The number of hydrogen-bond acceptors (Lipinski definition) is 1. The molecular weight excluding hydrogens is 294 g/mol. The van der Waals surface area contributed by atoms with Crippen molar-refractivity contribution in [3.8, 4) is 0 Å². The molecule has 0 saturated carbocycles. The molecule has 0 aliphatic carbocycles. The Balaban J connectivity index is 2.23. The first-order valence-electron chi connectivity index (χ1n) is 7.62. The van der Waals surface area contributed by atoms with Crippen LogP contribution in [0.15, 0.2) is 48.5 Å². The van der Waals surface area contributed by atoms with Crippen LogP contribution < -0.4 is 4.90 Å². The minimum absolute atomic E-state index is 0.0543. The molecule has 2 atom stereocenters. The predicted molar refractivity (Wildman–Crippen MR) is 91.5 cm³/mol. The van der Waals surface area contributed by atoms with Crippen LogP contribution in [0.3, 0.4) is 0 Å². The average molecular weight is 314 g/mol. The third-order valence-electron chi connectivity index (χ3n) is 4.53. The second kappa shape index (κ2) is 5.77. The molecule has 0 spiro atoms. The van der Waals surface area contributed by atoms with E-state index < -0.39 is 0 Å². The summed E-state index contributed by atoms with van der Waals surface area (Å²) >= 11 is 6.19. The lowest BCUT2D eigenvalue weighted by atomic mass is 9.72. The standard InChI is InChI=1S/C19H20ClNO/c1-12(2)17-18(13-7-6-8-14(20)11-13)15-9-4-5-10-16(15)21(3)19(17)22/h4-12,17-18H,1-3H3. The van der Waals surface area contributed by atoms with Gasteiger partial charge in [0.05, 0.1) is 5.92 Å². The van der Waals surface area contributed by atoms with Crippen molar-refractivity contribution < 1.29 is 4.79 Å². The lowest BCUT2D eigenvalue weighted by Crippen LogP contribution is -2.43. The van der Waals surface area contributed by atoms with Crippen molar-refractivity contribution in [3.05, 3.63) is 64.7 Å². The lowest BCUT2D eigenvalue weighted by Gasteiger charge is -2.40.